The third-order valence-electron chi connectivity index (χ3n) is 4.44. The van der Waals surface area contributed by atoms with Gasteiger partial charge in [0.05, 0.1) is 5.39 Å². The molecule has 3 aromatic heterocycles. The van der Waals surface area contributed by atoms with Gasteiger partial charge in [-0.2, -0.15) is 0 Å². The second-order valence-electron chi connectivity index (χ2n) is 6.15. The van der Waals surface area contributed by atoms with Crippen LogP contribution in [-0.2, 0) is 6.42 Å². The number of aromatic amines is 1. The molecule has 1 aliphatic heterocycles. The topological polar surface area (TPSA) is 86.8 Å². The van der Waals surface area contributed by atoms with Gasteiger partial charge >= 0.3 is 0 Å². The summed E-state index contributed by atoms with van der Waals surface area (Å²) < 4.78 is 0. The molecule has 0 spiro atoms. The Bertz CT molecular complexity index is 936. The first kappa shape index (κ1) is 16.0. The largest absolute Gasteiger partial charge is 0.365 e. The van der Waals surface area contributed by atoms with Gasteiger partial charge in [0.15, 0.2) is 5.82 Å². The van der Waals surface area contributed by atoms with E-state index in [9.17, 15) is 4.79 Å². The highest BCUT2D eigenvalue weighted by Gasteiger charge is 2.23. The second kappa shape index (κ2) is 6.79. The molecule has 2 N–H and O–H groups in total. The van der Waals surface area contributed by atoms with Gasteiger partial charge in [-0.05, 0) is 24.3 Å². The summed E-state index contributed by atoms with van der Waals surface area (Å²) in [6.07, 6.45) is 6.04. The Morgan fingerprint density at radius 2 is 2.36 bits per heavy atom. The Morgan fingerprint density at radius 3 is 3.20 bits per heavy atom. The predicted octanol–water partition coefficient (Wildman–Crippen LogP) is 2.42. The summed E-state index contributed by atoms with van der Waals surface area (Å²) in [6, 6.07) is 2.28. The van der Waals surface area contributed by atoms with Crippen molar-refractivity contribution in [3.8, 4) is 0 Å². The maximum atomic E-state index is 12.0. The van der Waals surface area contributed by atoms with Crippen LogP contribution in [0.5, 0.6) is 0 Å². The number of H-pyrrole nitrogens is 1. The molecule has 0 aromatic carbocycles. The minimum atomic E-state index is -0.140. The van der Waals surface area contributed by atoms with Gasteiger partial charge in [-0.25, -0.2) is 15.0 Å². The van der Waals surface area contributed by atoms with Gasteiger partial charge in [-0.3, -0.25) is 4.79 Å². The highest BCUT2D eigenvalue weighted by atomic mass is 32.1. The SMILES string of the molecule is CCc1nc(N[C@@H]2CCCN(c3ncc[nH]c3=O)C2)c2ccsc2n1. The Morgan fingerprint density at radius 1 is 1.44 bits per heavy atom. The summed E-state index contributed by atoms with van der Waals surface area (Å²) in [5.41, 5.74) is -0.140. The van der Waals surface area contributed by atoms with Gasteiger partial charge in [0, 0.05) is 37.9 Å². The fourth-order valence-electron chi connectivity index (χ4n) is 3.22. The maximum absolute atomic E-state index is 12.0. The van der Waals surface area contributed by atoms with Crippen LogP contribution in [0.3, 0.4) is 0 Å². The van der Waals surface area contributed by atoms with Gasteiger partial charge in [-0.15, -0.1) is 11.3 Å². The molecule has 3 aromatic rings. The maximum Gasteiger partial charge on any atom is 0.290 e. The standard InChI is InChI=1S/C17H20N6OS/c1-2-13-21-14(12-5-9-25-17(12)22-13)20-11-4-3-8-23(10-11)15-16(24)19-7-6-18-15/h5-7,9,11H,2-4,8,10H2,1H3,(H,19,24)(H,20,21,22)/t11-/m1/s1. The molecule has 0 aliphatic carbocycles. The summed E-state index contributed by atoms with van der Waals surface area (Å²) in [4.78, 5) is 31.3. The van der Waals surface area contributed by atoms with Crippen LogP contribution in [0, 0.1) is 0 Å². The monoisotopic (exact) mass is 356 g/mol. The Balaban J connectivity index is 1.58. The van der Waals surface area contributed by atoms with Crippen molar-refractivity contribution in [2.75, 3.05) is 23.3 Å². The number of hydrogen-bond donors (Lipinski definition) is 2. The van der Waals surface area contributed by atoms with Crippen LogP contribution in [0.25, 0.3) is 10.2 Å². The predicted molar refractivity (Wildman–Crippen MR) is 101 cm³/mol. The zero-order valence-corrected chi connectivity index (χ0v) is 14.8. The summed E-state index contributed by atoms with van der Waals surface area (Å²) >= 11 is 1.64. The Kier molecular flexibility index (Phi) is 4.35. The van der Waals surface area contributed by atoms with E-state index < -0.39 is 0 Å². The van der Waals surface area contributed by atoms with Crippen LogP contribution in [-0.4, -0.2) is 39.1 Å². The molecule has 0 amide bonds. The van der Waals surface area contributed by atoms with E-state index in [1.807, 2.05) is 10.3 Å². The van der Waals surface area contributed by atoms with Gasteiger partial charge in [0.25, 0.3) is 5.56 Å². The van der Waals surface area contributed by atoms with Crippen LogP contribution in [0.2, 0.25) is 0 Å². The van der Waals surface area contributed by atoms with Gasteiger partial charge in [-0.1, -0.05) is 6.92 Å². The van der Waals surface area contributed by atoms with Crippen molar-refractivity contribution in [2.24, 2.45) is 0 Å². The third kappa shape index (κ3) is 3.21. The van der Waals surface area contributed by atoms with E-state index in [2.05, 4.69) is 38.2 Å². The number of nitrogens with zero attached hydrogens (tertiary/aromatic N) is 4. The molecular weight excluding hydrogens is 336 g/mol. The lowest BCUT2D eigenvalue weighted by molar-refractivity contribution is 0.524. The molecule has 130 valence electrons. The zero-order valence-electron chi connectivity index (χ0n) is 14.0. The number of aryl methyl sites for hydroxylation is 1. The molecular formula is C17H20N6OS. The van der Waals surface area contributed by atoms with Crippen molar-refractivity contribution >= 4 is 33.2 Å². The van der Waals surface area contributed by atoms with E-state index in [0.29, 0.717) is 5.82 Å². The average molecular weight is 356 g/mol. The normalized spacial score (nSPS) is 17.8. The first-order valence-corrected chi connectivity index (χ1v) is 9.42. The van der Waals surface area contributed by atoms with Crippen LogP contribution in [0.1, 0.15) is 25.6 Å². The van der Waals surface area contributed by atoms with Crippen molar-refractivity contribution in [2.45, 2.75) is 32.2 Å². The van der Waals surface area contributed by atoms with Crippen molar-refractivity contribution in [3.05, 3.63) is 40.0 Å². The highest BCUT2D eigenvalue weighted by molar-refractivity contribution is 7.16. The van der Waals surface area contributed by atoms with Crippen molar-refractivity contribution < 1.29 is 0 Å². The number of fused-ring (bicyclic) bond motifs is 1. The number of thiophene rings is 1. The van der Waals surface area contributed by atoms with Gasteiger partial charge in [0.1, 0.15) is 16.5 Å². The van der Waals surface area contributed by atoms with E-state index in [1.165, 1.54) is 0 Å². The first-order chi connectivity index (χ1) is 12.2. The molecule has 0 saturated carbocycles. The molecule has 7 nitrogen and oxygen atoms in total. The lowest BCUT2D eigenvalue weighted by atomic mass is 10.1. The van der Waals surface area contributed by atoms with Crippen LogP contribution in [0.4, 0.5) is 11.6 Å². The van der Waals surface area contributed by atoms with Crippen molar-refractivity contribution in [3.63, 3.8) is 0 Å². The molecule has 0 unspecified atom stereocenters. The number of anilines is 2. The lowest BCUT2D eigenvalue weighted by Gasteiger charge is -2.33. The molecule has 1 atom stereocenters. The number of nitrogens with one attached hydrogen (secondary N) is 2. The molecule has 8 heteroatoms. The van der Waals surface area contributed by atoms with Gasteiger partial charge in [0.2, 0.25) is 0 Å². The lowest BCUT2D eigenvalue weighted by Crippen LogP contribution is -2.44. The van der Waals surface area contributed by atoms with E-state index >= 15 is 0 Å². The van der Waals surface area contributed by atoms with Crippen molar-refractivity contribution in [1.29, 1.82) is 0 Å². The van der Waals surface area contributed by atoms with Crippen molar-refractivity contribution in [1.82, 2.24) is 19.9 Å². The Labute approximate surface area is 149 Å². The summed E-state index contributed by atoms with van der Waals surface area (Å²) in [6.45, 7) is 3.64. The number of piperidine rings is 1. The van der Waals surface area contributed by atoms with Crippen LogP contribution >= 0.6 is 11.3 Å². The van der Waals surface area contributed by atoms with E-state index in [1.54, 1.807) is 23.7 Å². The minimum absolute atomic E-state index is 0.140. The second-order valence-corrected chi connectivity index (χ2v) is 7.05. The molecule has 1 aliphatic rings. The quantitative estimate of drug-likeness (QED) is 0.746. The summed E-state index contributed by atoms with van der Waals surface area (Å²) in [5, 5.41) is 6.69. The minimum Gasteiger partial charge on any atom is -0.365 e. The molecule has 4 heterocycles. The molecule has 4 rings (SSSR count). The van der Waals surface area contributed by atoms with Crippen LogP contribution < -0.4 is 15.8 Å². The summed E-state index contributed by atoms with van der Waals surface area (Å²) in [5.74, 6) is 2.24. The van der Waals surface area contributed by atoms with E-state index in [4.69, 9.17) is 0 Å². The van der Waals surface area contributed by atoms with Gasteiger partial charge < -0.3 is 15.2 Å². The number of hydrogen-bond acceptors (Lipinski definition) is 7. The average Bonchev–Trinajstić information content (AvgIpc) is 3.11. The molecule has 1 saturated heterocycles. The molecule has 1 fully saturated rings. The smallest absolute Gasteiger partial charge is 0.290 e. The fourth-order valence-corrected chi connectivity index (χ4v) is 4.00. The zero-order chi connectivity index (χ0) is 17.2. The van der Waals surface area contributed by atoms with E-state index in [-0.39, 0.29) is 11.6 Å². The third-order valence-corrected chi connectivity index (χ3v) is 5.24. The first-order valence-electron chi connectivity index (χ1n) is 8.54. The van der Waals surface area contributed by atoms with E-state index in [0.717, 1.165) is 54.2 Å². The highest BCUT2D eigenvalue weighted by Crippen LogP contribution is 2.27. The fraction of sp³-hybridized carbons (Fsp3) is 0.412. The molecule has 0 bridgehead atoms. The molecule has 25 heavy (non-hydrogen) atoms. The Hall–Kier alpha value is -2.48. The number of rotatable bonds is 4. The summed E-state index contributed by atoms with van der Waals surface area (Å²) in [7, 11) is 0. The van der Waals surface area contributed by atoms with Crippen LogP contribution in [0.15, 0.2) is 28.6 Å². The molecule has 0 radical (unpaired) electrons. The number of aromatic nitrogens is 4.